The summed E-state index contributed by atoms with van der Waals surface area (Å²) in [6.07, 6.45) is -10.1. The van der Waals surface area contributed by atoms with Gasteiger partial charge in [0.2, 0.25) is 0 Å². The van der Waals surface area contributed by atoms with Gasteiger partial charge in [0, 0.05) is 17.2 Å². The molecule has 1 aliphatic carbocycles. The van der Waals surface area contributed by atoms with Crippen LogP contribution in [0.2, 0.25) is 0 Å². The lowest BCUT2D eigenvalue weighted by molar-refractivity contribution is -0.143. The SMILES string of the molecule is OC1c2c(C(F)(F)F)ncc(Oc3cncc(F)c3)c2C(F)C1F. The van der Waals surface area contributed by atoms with Crippen molar-refractivity contribution in [3.05, 3.63) is 47.3 Å². The first-order chi connectivity index (χ1) is 11.2. The average Bonchev–Trinajstić information content (AvgIpc) is 2.72. The van der Waals surface area contributed by atoms with Gasteiger partial charge in [-0.2, -0.15) is 13.2 Å². The Morgan fingerprint density at radius 3 is 2.42 bits per heavy atom. The number of pyridine rings is 2. The van der Waals surface area contributed by atoms with Gasteiger partial charge in [-0.3, -0.25) is 4.98 Å². The summed E-state index contributed by atoms with van der Waals surface area (Å²) in [5.74, 6) is -1.61. The van der Waals surface area contributed by atoms with Gasteiger partial charge in [-0.1, -0.05) is 0 Å². The van der Waals surface area contributed by atoms with Crippen molar-refractivity contribution >= 4 is 0 Å². The van der Waals surface area contributed by atoms with Gasteiger partial charge in [-0.25, -0.2) is 18.2 Å². The van der Waals surface area contributed by atoms with E-state index in [-0.39, 0.29) is 5.75 Å². The molecule has 1 aliphatic rings. The van der Waals surface area contributed by atoms with Crippen molar-refractivity contribution in [2.75, 3.05) is 0 Å². The summed E-state index contributed by atoms with van der Waals surface area (Å²) in [5, 5.41) is 9.62. The lowest BCUT2D eigenvalue weighted by atomic mass is 10.1. The molecule has 2 heterocycles. The Balaban J connectivity index is 2.13. The number of fused-ring (bicyclic) bond motifs is 1. The maximum absolute atomic E-state index is 14.1. The zero-order valence-corrected chi connectivity index (χ0v) is 11.6. The van der Waals surface area contributed by atoms with Crippen molar-refractivity contribution in [3.63, 3.8) is 0 Å². The number of rotatable bonds is 2. The molecule has 0 amide bonds. The molecule has 0 radical (unpaired) electrons. The molecule has 2 aromatic rings. The first-order valence-corrected chi connectivity index (χ1v) is 6.54. The molecule has 128 valence electrons. The highest BCUT2D eigenvalue weighted by Gasteiger charge is 2.50. The van der Waals surface area contributed by atoms with Gasteiger partial charge in [0.05, 0.1) is 18.6 Å². The fraction of sp³-hybridized carbons (Fsp3) is 0.286. The van der Waals surface area contributed by atoms with E-state index in [0.29, 0.717) is 6.20 Å². The summed E-state index contributed by atoms with van der Waals surface area (Å²) >= 11 is 0. The van der Waals surface area contributed by atoms with E-state index in [1.807, 2.05) is 0 Å². The minimum Gasteiger partial charge on any atom is -0.454 e. The number of hydrogen-bond acceptors (Lipinski definition) is 4. The first kappa shape index (κ1) is 16.5. The summed E-state index contributed by atoms with van der Waals surface area (Å²) in [6, 6.07) is 0.850. The van der Waals surface area contributed by atoms with Gasteiger partial charge in [0.15, 0.2) is 23.8 Å². The summed E-state index contributed by atoms with van der Waals surface area (Å²) in [6.45, 7) is 0. The predicted octanol–water partition coefficient (Wildman–Crippen LogP) is 3.82. The second kappa shape index (κ2) is 5.62. The van der Waals surface area contributed by atoms with Gasteiger partial charge in [-0.15, -0.1) is 0 Å². The summed E-state index contributed by atoms with van der Waals surface area (Å²) < 4.78 is 84.8. The van der Waals surface area contributed by atoms with Gasteiger partial charge < -0.3 is 9.84 Å². The fourth-order valence-corrected chi connectivity index (χ4v) is 2.47. The Morgan fingerprint density at radius 1 is 1.08 bits per heavy atom. The Labute approximate surface area is 130 Å². The zero-order valence-electron chi connectivity index (χ0n) is 11.6. The number of alkyl halides is 5. The van der Waals surface area contributed by atoms with E-state index in [4.69, 9.17) is 4.74 Å². The molecular formula is C14H8F6N2O2. The van der Waals surface area contributed by atoms with Crippen LogP contribution in [0.3, 0.4) is 0 Å². The van der Waals surface area contributed by atoms with Crippen LogP contribution in [0.5, 0.6) is 11.5 Å². The number of ether oxygens (including phenoxy) is 1. The van der Waals surface area contributed by atoms with E-state index >= 15 is 0 Å². The molecule has 0 saturated carbocycles. The molecule has 0 aromatic carbocycles. The topological polar surface area (TPSA) is 55.2 Å². The zero-order chi connectivity index (χ0) is 17.6. The number of aliphatic hydroxyl groups excluding tert-OH is 1. The Kier molecular flexibility index (Phi) is 3.86. The van der Waals surface area contributed by atoms with E-state index in [1.165, 1.54) is 0 Å². The second-order valence-corrected chi connectivity index (χ2v) is 5.03. The third-order valence-electron chi connectivity index (χ3n) is 3.45. The highest BCUT2D eigenvalue weighted by molar-refractivity contribution is 5.50. The van der Waals surface area contributed by atoms with Gasteiger partial charge in [-0.05, 0) is 0 Å². The molecule has 10 heteroatoms. The van der Waals surface area contributed by atoms with E-state index < -0.39 is 53.0 Å². The molecule has 2 aromatic heterocycles. The highest BCUT2D eigenvalue weighted by Crippen LogP contribution is 2.51. The monoisotopic (exact) mass is 350 g/mol. The number of aliphatic hydroxyl groups is 1. The molecule has 3 unspecified atom stereocenters. The molecule has 0 aliphatic heterocycles. The second-order valence-electron chi connectivity index (χ2n) is 5.03. The minimum absolute atomic E-state index is 0.247. The quantitative estimate of drug-likeness (QED) is 0.837. The molecule has 0 bridgehead atoms. The number of hydrogen-bond donors (Lipinski definition) is 1. The Hall–Kier alpha value is -2.36. The number of halogens is 6. The average molecular weight is 350 g/mol. The van der Waals surface area contributed by atoms with Crippen LogP contribution < -0.4 is 4.74 Å². The summed E-state index contributed by atoms with van der Waals surface area (Å²) in [4.78, 5) is 6.56. The fourth-order valence-electron chi connectivity index (χ4n) is 2.47. The molecule has 3 atom stereocenters. The van der Waals surface area contributed by atoms with Crippen LogP contribution in [0.15, 0.2) is 24.7 Å². The summed E-state index contributed by atoms with van der Waals surface area (Å²) in [5.41, 5.74) is -3.43. The van der Waals surface area contributed by atoms with Crippen molar-refractivity contribution in [1.82, 2.24) is 9.97 Å². The molecular weight excluding hydrogens is 342 g/mol. The first-order valence-electron chi connectivity index (χ1n) is 6.54. The number of aromatic nitrogens is 2. The summed E-state index contributed by atoms with van der Waals surface area (Å²) in [7, 11) is 0. The smallest absolute Gasteiger partial charge is 0.433 e. The van der Waals surface area contributed by atoms with Crippen molar-refractivity contribution in [2.24, 2.45) is 0 Å². The molecule has 0 saturated heterocycles. The van der Waals surface area contributed by atoms with Gasteiger partial charge in [0.25, 0.3) is 0 Å². The van der Waals surface area contributed by atoms with Crippen LogP contribution in [0, 0.1) is 5.82 Å². The Morgan fingerprint density at radius 2 is 1.79 bits per heavy atom. The standard InChI is InChI=1S/C14H8F6N2O2/c15-5-1-6(3-21-2-5)24-7-4-22-13(14(18,19)20)9-8(7)10(16)11(17)12(9)23/h1-4,10-12,23H. The van der Waals surface area contributed by atoms with E-state index in [9.17, 15) is 31.4 Å². The van der Waals surface area contributed by atoms with E-state index in [1.54, 1.807) is 0 Å². The van der Waals surface area contributed by atoms with Crippen molar-refractivity contribution in [1.29, 1.82) is 0 Å². The van der Waals surface area contributed by atoms with Crippen LogP contribution in [0.4, 0.5) is 26.3 Å². The molecule has 0 fully saturated rings. The molecule has 4 nitrogen and oxygen atoms in total. The van der Waals surface area contributed by atoms with Crippen LogP contribution >= 0.6 is 0 Å². The largest absolute Gasteiger partial charge is 0.454 e. The van der Waals surface area contributed by atoms with Crippen LogP contribution in [-0.2, 0) is 6.18 Å². The van der Waals surface area contributed by atoms with Crippen LogP contribution in [0.25, 0.3) is 0 Å². The molecule has 24 heavy (non-hydrogen) atoms. The van der Waals surface area contributed by atoms with E-state index in [0.717, 1.165) is 18.5 Å². The van der Waals surface area contributed by atoms with Gasteiger partial charge >= 0.3 is 6.18 Å². The maximum atomic E-state index is 14.1. The van der Waals surface area contributed by atoms with E-state index in [2.05, 4.69) is 9.97 Å². The van der Waals surface area contributed by atoms with Gasteiger partial charge in [0.1, 0.15) is 17.7 Å². The van der Waals surface area contributed by atoms with Crippen molar-refractivity contribution < 1.29 is 36.2 Å². The van der Waals surface area contributed by atoms with Crippen LogP contribution in [-0.4, -0.2) is 21.2 Å². The molecule has 1 N–H and O–H groups in total. The maximum Gasteiger partial charge on any atom is 0.433 e. The lowest BCUT2D eigenvalue weighted by Crippen LogP contribution is -2.16. The minimum atomic E-state index is -5.02. The molecule has 0 spiro atoms. The third kappa shape index (κ3) is 2.66. The molecule has 3 rings (SSSR count). The predicted molar refractivity (Wildman–Crippen MR) is 67.2 cm³/mol. The van der Waals surface area contributed by atoms with Crippen molar-refractivity contribution in [2.45, 2.75) is 24.6 Å². The third-order valence-corrected chi connectivity index (χ3v) is 3.45. The van der Waals surface area contributed by atoms with Crippen molar-refractivity contribution in [3.8, 4) is 11.5 Å². The normalized spacial score (nSPS) is 23.2. The van der Waals surface area contributed by atoms with Crippen LogP contribution in [0.1, 0.15) is 29.1 Å². The number of nitrogens with zero attached hydrogens (tertiary/aromatic N) is 2. The lowest BCUT2D eigenvalue weighted by Gasteiger charge is -2.16. The Bertz CT molecular complexity index is 782. The highest BCUT2D eigenvalue weighted by atomic mass is 19.4.